The average Bonchev–Trinajstić information content (AvgIpc) is 3.42. The molecule has 0 aliphatic carbocycles. The van der Waals surface area contributed by atoms with Gasteiger partial charge < -0.3 is 5.32 Å². The first-order valence-corrected chi connectivity index (χ1v) is 12.5. The molecule has 0 bridgehead atoms. The summed E-state index contributed by atoms with van der Waals surface area (Å²) in [6.45, 7) is 5.91. The van der Waals surface area contributed by atoms with E-state index >= 15 is 0 Å². The summed E-state index contributed by atoms with van der Waals surface area (Å²) in [5, 5.41) is 10.6. The van der Waals surface area contributed by atoms with Gasteiger partial charge in [0.2, 0.25) is 15.0 Å². The molecule has 1 atom stereocenters. The van der Waals surface area contributed by atoms with Crippen LogP contribution in [0.3, 0.4) is 0 Å². The number of sulfonamides is 1. The summed E-state index contributed by atoms with van der Waals surface area (Å²) >= 11 is 0.954. The summed E-state index contributed by atoms with van der Waals surface area (Å²) in [6, 6.07) is 5.80. The Kier molecular flexibility index (Phi) is 6.30. The van der Waals surface area contributed by atoms with E-state index in [1.807, 2.05) is 19.9 Å². The molecule has 1 aliphatic rings. The van der Waals surface area contributed by atoms with E-state index in [4.69, 9.17) is 0 Å². The minimum atomic E-state index is -3.79. The predicted molar refractivity (Wildman–Crippen MR) is 121 cm³/mol. The third-order valence-electron chi connectivity index (χ3n) is 5.68. The second kappa shape index (κ2) is 8.88. The summed E-state index contributed by atoms with van der Waals surface area (Å²) in [5.74, 6) is -2.38. The highest BCUT2D eigenvalue weighted by Gasteiger charge is 2.39. The number of nitrogens with zero attached hydrogens (tertiary/aromatic N) is 3. The minimum absolute atomic E-state index is 0.0414. The highest BCUT2D eigenvalue weighted by Crippen LogP contribution is 2.38. The summed E-state index contributed by atoms with van der Waals surface area (Å²) in [6.07, 6.45) is 1.20. The summed E-state index contributed by atoms with van der Waals surface area (Å²) < 4.78 is 55.3. The van der Waals surface area contributed by atoms with Gasteiger partial charge in [-0.05, 0) is 68.5 Å². The molecule has 1 aromatic heterocycles. The zero-order valence-corrected chi connectivity index (χ0v) is 19.9. The van der Waals surface area contributed by atoms with Crippen molar-refractivity contribution in [1.82, 2.24) is 14.5 Å². The molecule has 1 fully saturated rings. The zero-order chi connectivity index (χ0) is 23.9. The van der Waals surface area contributed by atoms with Crippen LogP contribution in [0.4, 0.5) is 14.5 Å². The average molecular weight is 493 g/mol. The van der Waals surface area contributed by atoms with Gasteiger partial charge in [0.05, 0.1) is 16.6 Å². The SMILES string of the molecule is Cc1cc(C)c(S(=O)(=O)N2CCC[C@H]2c2nnc(C(=O)Nc3ccc(F)cc3F)s2)cc1C. The van der Waals surface area contributed by atoms with Crippen molar-refractivity contribution in [2.24, 2.45) is 0 Å². The number of rotatable bonds is 5. The van der Waals surface area contributed by atoms with Crippen LogP contribution >= 0.6 is 11.3 Å². The third-order valence-corrected chi connectivity index (χ3v) is 8.75. The fraction of sp³-hybridized carbons (Fsp3) is 0.318. The van der Waals surface area contributed by atoms with E-state index in [0.717, 1.165) is 34.6 Å². The number of hydrogen-bond donors (Lipinski definition) is 1. The van der Waals surface area contributed by atoms with Crippen molar-refractivity contribution < 1.29 is 22.0 Å². The van der Waals surface area contributed by atoms with Gasteiger partial charge in [-0.3, -0.25) is 4.79 Å². The normalized spacial score (nSPS) is 16.8. The van der Waals surface area contributed by atoms with Gasteiger partial charge in [-0.2, -0.15) is 4.31 Å². The fourth-order valence-electron chi connectivity index (χ4n) is 3.84. The van der Waals surface area contributed by atoms with Crippen LogP contribution in [0, 0.1) is 32.4 Å². The molecule has 0 unspecified atom stereocenters. The van der Waals surface area contributed by atoms with Gasteiger partial charge in [0.25, 0.3) is 5.91 Å². The maximum atomic E-state index is 13.8. The Morgan fingerprint density at radius 2 is 1.82 bits per heavy atom. The molecule has 2 aromatic carbocycles. The van der Waals surface area contributed by atoms with E-state index in [0.29, 0.717) is 36.0 Å². The van der Waals surface area contributed by atoms with Gasteiger partial charge in [0, 0.05) is 12.6 Å². The molecule has 0 radical (unpaired) electrons. The first-order valence-electron chi connectivity index (χ1n) is 10.3. The molecule has 174 valence electrons. The van der Waals surface area contributed by atoms with Crippen LogP contribution in [0.25, 0.3) is 0 Å². The number of aryl methyl sites for hydroxylation is 3. The Labute approximate surface area is 194 Å². The molecular formula is C22H22F2N4O3S2. The van der Waals surface area contributed by atoms with Gasteiger partial charge in [0.1, 0.15) is 16.6 Å². The van der Waals surface area contributed by atoms with E-state index in [1.54, 1.807) is 13.0 Å². The molecule has 3 aromatic rings. The molecule has 1 aliphatic heterocycles. The first-order chi connectivity index (χ1) is 15.6. The van der Waals surface area contributed by atoms with Crippen LogP contribution < -0.4 is 5.32 Å². The molecule has 1 N–H and O–H groups in total. The van der Waals surface area contributed by atoms with Crippen molar-refractivity contribution in [3.63, 3.8) is 0 Å². The van der Waals surface area contributed by atoms with E-state index in [9.17, 15) is 22.0 Å². The number of carbonyl (C=O) groups is 1. The highest BCUT2D eigenvalue weighted by molar-refractivity contribution is 7.89. The Hall–Kier alpha value is -2.76. The lowest BCUT2D eigenvalue weighted by atomic mass is 10.1. The van der Waals surface area contributed by atoms with Crippen molar-refractivity contribution in [1.29, 1.82) is 0 Å². The maximum Gasteiger partial charge on any atom is 0.286 e. The van der Waals surface area contributed by atoms with Crippen LogP contribution in [-0.4, -0.2) is 35.4 Å². The summed E-state index contributed by atoms with van der Waals surface area (Å²) in [5.41, 5.74) is 2.38. The second-order valence-corrected chi connectivity index (χ2v) is 10.9. The van der Waals surface area contributed by atoms with E-state index in [2.05, 4.69) is 15.5 Å². The lowest BCUT2D eigenvalue weighted by Gasteiger charge is -2.23. The van der Waals surface area contributed by atoms with Gasteiger partial charge in [-0.25, -0.2) is 17.2 Å². The molecule has 11 heteroatoms. The summed E-state index contributed by atoms with van der Waals surface area (Å²) in [7, 11) is -3.79. The molecule has 1 amide bonds. The number of nitrogens with one attached hydrogen (secondary N) is 1. The Bertz CT molecular complexity index is 1340. The van der Waals surface area contributed by atoms with E-state index in [-0.39, 0.29) is 15.6 Å². The quantitative estimate of drug-likeness (QED) is 0.565. The van der Waals surface area contributed by atoms with Crippen molar-refractivity contribution >= 4 is 33.0 Å². The first kappa shape index (κ1) is 23.4. The van der Waals surface area contributed by atoms with Crippen LogP contribution in [-0.2, 0) is 10.0 Å². The molecule has 0 spiro atoms. The van der Waals surface area contributed by atoms with Gasteiger partial charge in [-0.15, -0.1) is 10.2 Å². The largest absolute Gasteiger partial charge is 0.317 e. The number of aromatic nitrogens is 2. The lowest BCUT2D eigenvalue weighted by molar-refractivity contribution is 0.102. The molecule has 2 heterocycles. The van der Waals surface area contributed by atoms with Crippen molar-refractivity contribution in [2.75, 3.05) is 11.9 Å². The number of amides is 1. The Morgan fingerprint density at radius 3 is 2.55 bits per heavy atom. The maximum absolute atomic E-state index is 13.8. The van der Waals surface area contributed by atoms with Crippen LogP contribution in [0.5, 0.6) is 0 Å². The lowest BCUT2D eigenvalue weighted by Crippen LogP contribution is -2.31. The Morgan fingerprint density at radius 1 is 1.09 bits per heavy atom. The van der Waals surface area contributed by atoms with Crippen molar-refractivity contribution in [3.05, 3.63) is 68.7 Å². The molecule has 1 saturated heterocycles. The molecule has 33 heavy (non-hydrogen) atoms. The van der Waals surface area contributed by atoms with Gasteiger partial charge >= 0.3 is 0 Å². The van der Waals surface area contributed by atoms with Crippen LogP contribution in [0.1, 0.15) is 50.4 Å². The number of anilines is 1. The minimum Gasteiger partial charge on any atom is -0.317 e. The molecule has 4 rings (SSSR count). The predicted octanol–water partition coefficient (Wildman–Crippen LogP) is 4.52. The highest BCUT2D eigenvalue weighted by atomic mass is 32.2. The molecule has 7 nitrogen and oxygen atoms in total. The standard InChI is InChI=1S/C22H22F2N4O3S2/c1-12-9-14(3)19(10-13(12)2)33(30,31)28-8-4-5-18(28)21-26-27-22(32-21)20(29)25-17-7-6-15(23)11-16(17)24/h6-7,9-11,18H,4-5,8H2,1-3H3,(H,25,29)/t18-/m0/s1. The molecule has 0 saturated carbocycles. The van der Waals surface area contributed by atoms with E-state index in [1.165, 1.54) is 4.31 Å². The number of halogens is 2. The topological polar surface area (TPSA) is 92.3 Å². The van der Waals surface area contributed by atoms with Crippen LogP contribution in [0.2, 0.25) is 0 Å². The van der Waals surface area contributed by atoms with E-state index < -0.39 is 33.6 Å². The number of carbonyl (C=O) groups excluding carboxylic acids is 1. The van der Waals surface area contributed by atoms with Gasteiger partial charge in [-0.1, -0.05) is 17.4 Å². The summed E-state index contributed by atoms with van der Waals surface area (Å²) in [4.78, 5) is 12.8. The second-order valence-electron chi connectivity index (χ2n) is 8.00. The Balaban J connectivity index is 1.58. The monoisotopic (exact) mass is 492 g/mol. The van der Waals surface area contributed by atoms with Crippen molar-refractivity contribution in [3.8, 4) is 0 Å². The third kappa shape index (κ3) is 4.53. The van der Waals surface area contributed by atoms with Crippen LogP contribution in [0.15, 0.2) is 35.2 Å². The number of benzene rings is 2. The van der Waals surface area contributed by atoms with Crippen molar-refractivity contribution in [2.45, 2.75) is 44.6 Å². The molecular weight excluding hydrogens is 470 g/mol. The van der Waals surface area contributed by atoms with Gasteiger partial charge in [0.15, 0.2) is 0 Å². The number of hydrogen-bond acceptors (Lipinski definition) is 6. The zero-order valence-electron chi connectivity index (χ0n) is 18.2. The fourth-order valence-corrected chi connectivity index (χ4v) is 6.75. The smallest absolute Gasteiger partial charge is 0.286 e.